The monoisotopic (exact) mass is 343 g/mol. The normalized spacial score (nSPS) is 10.8. The molecule has 4 heteroatoms. The van der Waals surface area contributed by atoms with E-state index in [2.05, 4.69) is 29.8 Å². The second kappa shape index (κ2) is 8.64. The Hall–Kier alpha value is -0.480. The molecule has 0 heterocycles. The molecule has 106 valence electrons. The number of hydrogen-bond donors (Lipinski definition) is 0. The van der Waals surface area contributed by atoms with Crippen LogP contribution in [0.3, 0.4) is 0 Å². The number of nitrogens with zero attached hydrogens (tertiary/aromatic N) is 1. The first-order valence-electron chi connectivity index (χ1n) is 6.55. The fourth-order valence-electron chi connectivity index (χ4n) is 1.56. The summed E-state index contributed by atoms with van der Waals surface area (Å²) >= 11 is 5.24. The molecule has 2 nitrogen and oxygen atoms in total. The number of hydrogen-bond acceptors (Lipinski definition) is 2. The second-order valence-corrected chi connectivity index (χ2v) is 7.04. The topological polar surface area (TPSA) is 20.3 Å². The predicted octanol–water partition coefficient (Wildman–Crippen LogP) is 4.19. The van der Waals surface area contributed by atoms with Gasteiger partial charge in [0.2, 0.25) is 5.91 Å². The zero-order valence-corrected chi connectivity index (χ0v) is 14.3. The molecule has 0 N–H and O–H groups in total. The van der Waals surface area contributed by atoms with Crippen LogP contribution in [0.15, 0.2) is 28.7 Å². The van der Waals surface area contributed by atoms with Gasteiger partial charge in [0.05, 0.1) is 5.75 Å². The molecule has 0 saturated carbocycles. The molecule has 0 aromatic heterocycles. The Morgan fingerprint density at radius 3 is 2.68 bits per heavy atom. The molecular formula is C15H22BrNOS. The van der Waals surface area contributed by atoms with E-state index in [1.807, 2.05) is 31.3 Å². The molecule has 1 amide bonds. The van der Waals surface area contributed by atoms with Crippen molar-refractivity contribution in [1.82, 2.24) is 4.90 Å². The van der Waals surface area contributed by atoms with Crippen molar-refractivity contribution in [2.24, 2.45) is 5.92 Å². The third-order valence-corrected chi connectivity index (χ3v) is 4.61. The highest BCUT2D eigenvalue weighted by atomic mass is 79.9. The molecule has 0 aliphatic heterocycles. The molecule has 0 bridgehead atoms. The summed E-state index contributed by atoms with van der Waals surface area (Å²) in [6.07, 6.45) is 1.17. The average Bonchev–Trinajstić information content (AvgIpc) is 2.36. The lowest BCUT2D eigenvalue weighted by atomic mass is 10.2. The van der Waals surface area contributed by atoms with Crippen LogP contribution in [-0.4, -0.2) is 29.4 Å². The first kappa shape index (κ1) is 16.6. The molecule has 19 heavy (non-hydrogen) atoms. The van der Waals surface area contributed by atoms with Crippen LogP contribution in [0.1, 0.15) is 25.8 Å². The fraction of sp³-hybridized carbons (Fsp3) is 0.533. The molecule has 1 aromatic rings. The van der Waals surface area contributed by atoms with E-state index in [1.54, 1.807) is 16.7 Å². The van der Waals surface area contributed by atoms with Crippen molar-refractivity contribution in [3.63, 3.8) is 0 Å². The van der Waals surface area contributed by atoms with Gasteiger partial charge in [0, 0.05) is 18.1 Å². The van der Waals surface area contributed by atoms with Crippen LogP contribution in [-0.2, 0) is 11.3 Å². The largest absolute Gasteiger partial charge is 0.341 e. The van der Waals surface area contributed by atoms with Crippen molar-refractivity contribution in [1.29, 1.82) is 0 Å². The van der Waals surface area contributed by atoms with Crippen LogP contribution in [0.4, 0.5) is 0 Å². The summed E-state index contributed by atoms with van der Waals surface area (Å²) in [6.45, 7) is 5.08. The van der Waals surface area contributed by atoms with E-state index in [4.69, 9.17) is 0 Å². The van der Waals surface area contributed by atoms with Crippen molar-refractivity contribution in [3.05, 3.63) is 34.3 Å². The zero-order chi connectivity index (χ0) is 14.3. The lowest BCUT2D eigenvalue weighted by molar-refractivity contribution is -0.127. The molecule has 0 radical (unpaired) electrons. The van der Waals surface area contributed by atoms with E-state index >= 15 is 0 Å². The predicted molar refractivity (Wildman–Crippen MR) is 87.4 cm³/mol. The van der Waals surface area contributed by atoms with Gasteiger partial charge in [-0.25, -0.2) is 0 Å². The summed E-state index contributed by atoms with van der Waals surface area (Å²) < 4.78 is 1.06. The third-order valence-electron chi connectivity index (χ3n) is 2.86. The Morgan fingerprint density at radius 1 is 1.37 bits per heavy atom. The Balaban J connectivity index is 2.35. The van der Waals surface area contributed by atoms with Gasteiger partial charge in [-0.15, -0.1) is 0 Å². The first-order valence-corrected chi connectivity index (χ1v) is 8.50. The van der Waals surface area contributed by atoms with Crippen molar-refractivity contribution in [2.45, 2.75) is 26.8 Å². The van der Waals surface area contributed by atoms with E-state index in [0.29, 0.717) is 18.2 Å². The summed E-state index contributed by atoms with van der Waals surface area (Å²) in [6, 6.07) is 8.03. The number of benzene rings is 1. The maximum Gasteiger partial charge on any atom is 0.232 e. The number of carbonyl (C=O) groups excluding carboxylic acids is 1. The highest BCUT2D eigenvalue weighted by Gasteiger charge is 2.10. The molecule has 0 saturated heterocycles. The van der Waals surface area contributed by atoms with Gasteiger partial charge in [-0.1, -0.05) is 48.0 Å². The van der Waals surface area contributed by atoms with Crippen molar-refractivity contribution < 1.29 is 4.79 Å². The highest BCUT2D eigenvalue weighted by molar-refractivity contribution is 9.10. The van der Waals surface area contributed by atoms with E-state index < -0.39 is 0 Å². The minimum Gasteiger partial charge on any atom is -0.341 e. The maximum atomic E-state index is 12.0. The van der Waals surface area contributed by atoms with Crippen molar-refractivity contribution >= 4 is 33.6 Å². The Labute approximate surface area is 129 Å². The summed E-state index contributed by atoms with van der Waals surface area (Å²) in [5.74, 6) is 2.55. The molecule has 1 rings (SSSR count). The molecule has 0 atom stereocenters. The summed E-state index contributed by atoms with van der Waals surface area (Å²) in [5, 5.41) is 0. The molecule has 0 spiro atoms. The molecule has 0 unspecified atom stereocenters. The van der Waals surface area contributed by atoms with Gasteiger partial charge in [0.1, 0.15) is 0 Å². The van der Waals surface area contributed by atoms with Crippen molar-refractivity contribution in [3.8, 4) is 0 Å². The van der Waals surface area contributed by atoms with Crippen LogP contribution < -0.4 is 0 Å². The fourth-order valence-corrected chi connectivity index (χ4v) is 3.15. The van der Waals surface area contributed by atoms with E-state index in [0.717, 1.165) is 15.8 Å². The number of rotatable bonds is 7. The molecule has 0 aliphatic rings. The van der Waals surface area contributed by atoms with Crippen LogP contribution in [0.25, 0.3) is 0 Å². The summed E-state index contributed by atoms with van der Waals surface area (Å²) in [5.41, 5.74) is 1.14. The Morgan fingerprint density at radius 2 is 2.05 bits per heavy atom. The van der Waals surface area contributed by atoms with E-state index in [9.17, 15) is 4.79 Å². The van der Waals surface area contributed by atoms with Gasteiger partial charge < -0.3 is 4.90 Å². The van der Waals surface area contributed by atoms with Gasteiger partial charge >= 0.3 is 0 Å². The van der Waals surface area contributed by atoms with Gasteiger partial charge in [0.15, 0.2) is 0 Å². The van der Waals surface area contributed by atoms with Crippen LogP contribution in [0.5, 0.6) is 0 Å². The van der Waals surface area contributed by atoms with Gasteiger partial charge in [-0.3, -0.25) is 4.79 Å². The third kappa shape index (κ3) is 6.48. The maximum absolute atomic E-state index is 12.0. The Bertz CT molecular complexity index is 409. The minimum atomic E-state index is 0.199. The second-order valence-electron chi connectivity index (χ2n) is 5.08. The standard InChI is InChI=1S/C15H22BrNOS/c1-12(2)8-9-19-11-15(18)17(3)10-13-6-4-5-7-14(13)16/h4-7,12H,8-11H2,1-3H3. The van der Waals surface area contributed by atoms with Crippen LogP contribution in [0.2, 0.25) is 0 Å². The SMILES string of the molecule is CC(C)CCSCC(=O)N(C)Cc1ccccc1Br. The van der Waals surface area contributed by atoms with Gasteiger partial charge in [0.25, 0.3) is 0 Å². The zero-order valence-electron chi connectivity index (χ0n) is 11.9. The molecule has 0 fully saturated rings. The van der Waals surface area contributed by atoms with E-state index in [-0.39, 0.29) is 5.91 Å². The minimum absolute atomic E-state index is 0.199. The van der Waals surface area contributed by atoms with Crippen LogP contribution in [0, 0.1) is 5.92 Å². The molecule has 0 aliphatic carbocycles. The summed E-state index contributed by atoms with van der Waals surface area (Å²) in [4.78, 5) is 13.8. The summed E-state index contributed by atoms with van der Waals surface area (Å²) in [7, 11) is 1.87. The number of amides is 1. The number of thioether (sulfide) groups is 1. The number of halogens is 1. The highest BCUT2D eigenvalue weighted by Crippen LogP contribution is 2.18. The smallest absolute Gasteiger partial charge is 0.232 e. The molecular weight excluding hydrogens is 322 g/mol. The van der Waals surface area contributed by atoms with Gasteiger partial charge in [-0.05, 0) is 29.7 Å². The van der Waals surface area contributed by atoms with Crippen molar-refractivity contribution in [2.75, 3.05) is 18.6 Å². The lowest BCUT2D eigenvalue weighted by Crippen LogP contribution is -2.28. The van der Waals surface area contributed by atoms with Gasteiger partial charge in [-0.2, -0.15) is 11.8 Å². The lowest BCUT2D eigenvalue weighted by Gasteiger charge is -2.18. The molecule has 1 aromatic carbocycles. The average molecular weight is 344 g/mol. The number of carbonyl (C=O) groups is 1. The van der Waals surface area contributed by atoms with Crippen LogP contribution >= 0.6 is 27.7 Å². The van der Waals surface area contributed by atoms with E-state index in [1.165, 1.54) is 6.42 Å². The first-order chi connectivity index (χ1) is 9.00. The Kier molecular flexibility index (Phi) is 7.54. The quantitative estimate of drug-likeness (QED) is 0.692.